The van der Waals surface area contributed by atoms with Crippen molar-refractivity contribution in [3.63, 3.8) is 0 Å². The first-order valence-electron chi connectivity index (χ1n) is 11.8. The minimum atomic E-state index is -0.553. The molecule has 2 aromatic carbocycles. The number of likely N-dealkylation sites (tertiary alicyclic amines) is 1. The number of benzene rings is 2. The number of hydrogen-bond donors (Lipinski definition) is 1. The Morgan fingerprint density at radius 2 is 1.91 bits per heavy atom. The Kier molecular flexibility index (Phi) is 5.63. The molecule has 1 saturated heterocycles. The number of nitrogens with zero attached hydrogens (tertiary/aromatic N) is 2. The summed E-state index contributed by atoms with van der Waals surface area (Å²) in [7, 11) is 0. The van der Waals surface area contributed by atoms with Crippen LogP contribution in [0.4, 0.5) is 0 Å². The molecule has 7 nitrogen and oxygen atoms in total. The molecule has 0 atom stereocenters. The lowest BCUT2D eigenvalue weighted by Crippen LogP contribution is -2.52. The molecule has 2 aliphatic rings. The molecule has 0 radical (unpaired) electrons. The topological polar surface area (TPSA) is 84.5 Å². The van der Waals surface area contributed by atoms with Gasteiger partial charge in [-0.05, 0) is 68.3 Å². The molecule has 1 spiro atoms. The van der Waals surface area contributed by atoms with E-state index in [1.54, 1.807) is 6.20 Å². The average Bonchev–Trinajstić information content (AvgIpc) is 3.36. The van der Waals surface area contributed by atoms with Gasteiger partial charge in [0.25, 0.3) is 5.91 Å². The van der Waals surface area contributed by atoms with Crippen molar-refractivity contribution in [3.8, 4) is 22.8 Å². The van der Waals surface area contributed by atoms with E-state index in [1.807, 2.05) is 62.1 Å². The van der Waals surface area contributed by atoms with E-state index >= 15 is 0 Å². The summed E-state index contributed by atoms with van der Waals surface area (Å²) in [6.07, 6.45) is 3.26. The average molecular weight is 460 g/mol. The van der Waals surface area contributed by atoms with Crippen LogP contribution in [0, 0.1) is 13.8 Å². The van der Waals surface area contributed by atoms with Crippen molar-refractivity contribution < 1.29 is 19.1 Å². The van der Waals surface area contributed by atoms with Crippen LogP contribution in [0.3, 0.4) is 0 Å². The van der Waals surface area contributed by atoms with Crippen LogP contribution in [0.15, 0.2) is 42.6 Å². The molecule has 0 unspecified atom stereocenters. The quantitative estimate of drug-likeness (QED) is 0.610. The molecule has 5 rings (SSSR count). The molecule has 2 aliphatic heterocycles. The van der Waals surface area contributed by atoms with Crippen molar-refractivity contribution >= 4 is 11.7 Å². The lowest BCUT2D eigenvalue weighted by atomic mass is 9.81. The number of hydrogen-bond acceptors (Lipinski definition) is 5. The third-order valence-corrected chi connectivity index (χ3v) is 6.99. The first-order chi connectivity index (χ1) is 16.4. The SMILES string of the molecule is CCOc1ccc(-c2ccn[nH]2)cc1C(=O)N1CCC2(CC1)CC(=O)c1cc(C)c(C)cc1O2. The third kappa shape index (κ3) is 3.95. The lowest BCUT2D eigenvalue weighted by molar-refractivity contribution is -0.00581. The van der Waals surface area contributed by atoms with Crippen LogP contribution in [0.2, 0.25) is 0 Å². The van der Waals surface area contributed by atoms with Gasteiger partial charge < -0.3 is 14.4 Å². The van der Waals surface area contributed by atoms with Crippen molar-refractivity contribution in [2.75, 3.05) is 19.7 Å². The van der Waals surface area contributed by atoms with Crippen LogP contribution in [0.5, 0.6) is 11.5 Å². The molecule has 3 heterocycles. The molecule has 176 valence electrons. The highest BCUT2D eigenvalue weighted by Gasteiger charge is 2.44. The number of fused-ring (bicyclic) bond motifs is 1. The van der Waals surface area contributed by atoms with Crippen LogP contribution in [0.1, 0.15) is 58.0 Å². The van der Waals surface area contributed by atoms with Gasteiger partial charge >= 0.3 is 0 Å². The number of H-pyrrole nitrogens is 1. The number of nitrogens with one attached hydrogen (secondary N) is 1. The minimum Gasteiger partial charge on any atom is -0.493 e. The van der Waals surface area contributed by atoms with E-state index in [9.17, 15) is 9.59 Å². The number of aromatic amines is 1. The zero-order valence-electron chi connectivity index (χ0n) is 19.8. The van der Waals surface area contributed by atoms with Gasteiger partial charge in [-0.1, -0.05) is 0 Å². The summed E-state index contributed by atoms with van der Waals surface area (Å²) in [6, 6.07) is 11.4. The van der Waals surface area contributed by atoms with Crippen molar-refractivity contribution in [2.24, 2.45) is 0 Å². The summed E-state index contributed by atoms with van der Waals surface area (Å²) >= 11 is 0. The first kappa shape index (κ1) is 22.2. The Hall–Kier alpha value is -3.61. The molecule has 1 amide bonds. The number of Topliss-reactive ketones (excluding diaryl/α,β-unsaturated/α-hetero) is 1. The van der Waals surface area contributed by atoms with Gasteiger partial charge in [0.2, 0.25) is 0 Å². The van der Waals surface area contributed by atoms with E-state index in [-0.39, 0.29) is 11.7 Å². The van der Waals surface area contributed by atoms with Gasteiger partial charge in [0, 0.05) is 37.7 Å². The fourth-order valence-corrected chi connectivity index (χ4v) is 4.88. The van der Waals surface area contributed by atoms with Gasteiger partial charge in [-0.15, -0.1) is 0 Å². The lowest BCUT2D eigenvalue weighted by Gasteiger charge is -2.44. The standard InChI is InChI=1S/C27H29N3O4/c1-4-33-24-6-5-19(22-7-10-28-29-22)15-21(24)26(32)30-11-8-27(9-12-30)16-23(31)20-13-17(2)18(3)14-25(20)34-27/h5-7,10,13-15H,4,8-9,11-12,16H2,1-3H3,(H,28,29). The number of ether oxygens (including phenoxy) is 2. The maximum atomic E-state index is 13.5. The van der Waals surface area contributed by atoms with Gasteiger partial charge in [-0.3, -0.25) is 14.7 Å². The van der Waals surface area contributed by atoms with E-state index in [4.69, 9.17) is 9.47 Å². The Bertz CT molecular complexity index is 1240. The number of aromatic nitrogens is 2. The Labute approximate surface area is 199 Å². The number of aryl methyl sites for hydroxylation is 2. The summed E-state index contributed by atoms with van der Waals surface area (Å²) in [6.45, 7) is 7.45. The van der Waals surface area contributed by atoms with Crippen LogP contribution in [-0.2, 0) is 0 Å². The largest absolute Gasteiger partial charge is 0.493 e. The fourth-order valence-electron chi connectivity index (χ4n) is 4.88. The van der Waals surface area contributed by atoms with E-state index in [0.29, 0.717) is 61.6 Å². The van der Waals surface area contributed by atoms with E-state index in [0.717, 1.165) is 22.4 Å². The van der Waals surface area contributed by atoms with E-state index < -0.39 is 5.60 Å². The Morgan fingerprint density at radius 3 is 2.62 bits per heavy atom. The number of carbonyl (C=O) groups is 2. The summed E-state index contributed by atoms with van der Waals surface area (Å²) in [4.78, 5) is 28.3. The zero-order chi connectivity index (χ0) is 23.9. The molecule has 3 aromatic rings. The first-order valence-corrected chi connectivity index (χ1v) is 11.8. The molecular formula is C27H29N3O4. The third-order valence-electron chi connectivity index (χ3n) is 6.99. The van der Waals surface area contributed by atoms with Gasteiger partial charge in [0.05, 0.1) is 29.8 Å². The molecule has 1 fully saturated rings. The highest BCUT2D eigenvalue weighted by atomic mass is 16.5. The molecule has 1 aromatic heterocycles. The van der Waals surface area contributed by atoms with Crippen molar-refractivity contribution in [3.05, 3.63) is 64.8 Å². The second-order valence-corrected chi connectivity index (χ2v) is 9.22. The number of piperidine rings is 1. The van der Waals surface area contributed by atoms with Crippen molar-refractivity contribution in [2.45, 2.75) is 45.6 Å². The van der Waals surface area contributed by atoms with Crippen LogP contribution < -0.4 is 9.47 Å². The molecular weight excluding hydrogens is 430 g/mol. The number of carbonyl (C=O) groups excluding carboxylic acids is 2. The summed E-state index contributed by atoms with van der Waals surface area (Å²) < 4.78 is 12.2. The van der Waals surface area contributed by atoms with Crippen LogP contribution in [0.25, 0.3) is 11.3 Å². The molecule has 0 saturated carbocycles. The molecule has 1 N–H and O–H groups in total. The maximum absolute atomic E-state index is 13.5. The highest BCUT2D eigenvalue weighted by Crippen LogP contribution is 2.41. The second-order valence-electron chi connectivity index (χ2n) is 9.22. The highest BCUT2D eigenvalue weighted by molar-refractivity contribution is 6.01. The van der Waals surface area contributed by atoms with E-state index in [1.165, 1.54) is 0 Å². The molecule has 0 bridgehead atoms. The number of amides is 1. The number of ketones is 1. The van der Waals surface area contributed by atoms with E-state index in [2.05, 4.69) is 10.2 Å². The predicted molar refractivity (Wildman–Crippen MR) is 129 cm³/mol. The van der Waals surface area contributed by atoms with Gasteiger partial charge in [-0.2, -0.15) is 5.10 Å². The van der Waals surface area contributed by atoms with Crippen molar-refractivity contribution in [1.29, 1.82) is 0 Å². The molecule has 7 heteroatoms. The molecule has 0 aliphatic carbocycles. The summed E-state index contributed by atoms with van der Waals surface area (Å²) in [5.41, 5.74) is 4.56. The monoisotopic (exact) mass is 459 g/mol. The van der Waals surface area contributed by atoms with Gasteiger partial charge in [0.1, 0.15) is 17.1 Å². The maximum Gasteiger partial charge on any atom is 0.257 e. The smallest absolute Gasteiger partial charge is 0.257 e. The molecule has 34 heavy (non-hydrogen) atoms. The second kappa shape index (κ2) is 8.63. The van der Waals surface area contributed by atoms with Crippen LogP contribution in [-0.4, -0.2) is 52.1 Å². The normalized spacial score (nSPS) is 16.8. The minimum absolute atomic E-state index is 0.0753. The van der Waals surface area contributed by atoms with Crippen molar-refractivity contribution in [1.82, 2.24) is 15.1 Å². The van der Waals surface area contributed by atoms with Gasteiger partial charge in [0.15, 0.2) is 5.78 Å². The Balaban J connectivity index is 1.36. The Morgan fingerprint density at radius 1 is 1.15 bits per heavy atom. The van der Waals surface area contributed by atoms with Gasteiger partial charge in [-0.25, -0.2) is 0 Å². The predicted octanol–water partition coefficient (Wildman–Crippen LogP) is 4.73. The zero-order valence-corrected chi connectivity index (χ0v) is 19.8. The fraction of sp³-hybridized carbons (Fsp3) is 0.370. The number of rotatable bonds is 4. The summed E-state index contributed by atoms with van der Waals surface area (Å²) in [5, 5.41) is 6.95. The summed E-state index contributed by atoms with van der Waals surface area (Å²) in [5.74, 6) is 1.29. The van der Waals surface area contributed by atoms with Crippen LogP contribution >= 0.6 is 0 Å².